The van der Waals surface area contributed by atoms with E-state index >= 15 is 0 Å². The molecule has 1 amide bonds. The Morgan fingerprint density at radius 1 is 1.24 bits per heavy atom. The third-order valence-corrected chi connectivity index (χ3v) is 7.27. The molecule has 0 aliphatic heterocycles. The van der Waals surface area contributed by atoms with Gasteiger partial charge in [0.1, 0.15) is 12.0 Å². The number of nitrogens with one attached hydrogen (secondary N) is 1. The fourth-order valence-corrected chi connectivity index (χ4v) is 5.23. The number of carbonyl (C=O) groups excluding carboxylic acids is 1. The summed E-state index contributed by atoms with van der Waals surface area (Å²) in [6.45, 7) is 7.20. The SMILES string of the molecule is [C-]#[N+]c1cc(-c2cc(F)c3c(c2CC(=O)NS(=O)(=O)c2ccn(C4CC4)n2)CCC3)ccn1. The number of halogens is 1. The van der Waals surface area contributed by atoms with Gasteiger partial charge in [-0.1, -0.05) is 6.57 Å². The van der Waals surface area contributed by atoms with Crippen LogP contribution in [0.3, 0.4) is 0 Å². The molecule has 5 rings (SSSR count). The van der Waals surface area contributed by atoms with Crippen LogP contribution in [-0.4, -0.2) is 29.1 Å². The number of benzene rings is 1. The second-order valence-corrected chi connectivity index (χ2v) is 9.91. The second-order valence-electron chi connectivity index (χ2n) is 8.28. The van der Waals surface area contributed by atoms with Crippen LogP contribution in [0.2, 0.25) is 0 Å². The molecular formula is C23H20FN5O3S. The predicted molar refractivity (Wildman–Crippen MR) is 117 cm³/mol. The van der Waals surface area contributed by atoms with Crippen molar-refractivity contribution in [1.82, 2.24) is 19.5 Å². The number of carbonyl (C=O) groups is 1. The van der Waals surface area contributed by atoms with Gasteiger partial charge in [0, 0.05) is 6.20 Å². The summed E-state index contributed by atoms with van der Waals surface area (Å²) in [6, 6.07) is 6.13. The lowest BCUT2D eigenvalue weighted by Crippen LogP contribution is -2.32. The quantitative estimate of drug-likeness (QED) is 0.562. The van der Waals surface area contributed by atoms with Gasteiger partial charge in [-0.15, -0.1) is 4.98 Å². The number of pyridine rings is 1. The Labute approximate surface area is 190 Å². The minimum Gasteiger partial charge on any atom is -0.361 e. The van der Waals surface area contributed by atoms with Gasteiger partial charge in [0.25, 0.3) is 15.8 Å². The van der Waals surface area contributed by atoms with Crippen LogP contribution in [-0.2, 0) is 34.1 Å². The van der Waals surface area contributed by atoms with Crippen molar-refractivity contribution in [2.24, 2.45) is 0 Å². The summed E-state index contributed by atoms with van der Waals surface area (Å²) in [5.74, 6) is -0.934. The lowest BCUT2D eigenvalue weighted by atomic mass is 9.91. The molecule has 10 heteroatoms. The smallest absolute Gasteiger partial charge is 0.283 e. The number of hydrogen-bond donors (Lipinski definition) is 1. The van der Waals surface area contributed by atoms with Gasteiger partial charge in [0.2, 0.25) is 5.91 Å². The number of hydrogen-bond acceptors (Lipinski definition) is 5. The van der Waals surface area contributed by atoms with Crippen molar-refractivity contribution in [2.45, 2.75) is 49.6 Å². The summed E-state index contributed by atoms with van der Waals surface area (Å²) in [5.41, 5.74) is 2.88. The zero-order chi connectivity index (χ0) is 23.2. The van der Waals surface area contributed by atoms with Crippen LogP contribution in [0.4, 0.5) is 10.2 Å². The first kappa shape index (κ1) is 21.3. The maximum atomic E-state index is 14.8. The minimum atomic E-state index is -4.13. The van der Waals surface area contributed by atoms with Crippen LogP contribution in [0.25, 0.3) is 16.0 Å². The van der Waals surface area contributed by atoms with Gasteiger partial charge in [-0.25, -0.2) is 9.11 Å². The predicted octanol–water partition coefficient (Wildman–Crippen LogP) is 3.51. The first-order valence-electron chi connectivity index (χ1n) is 10.6. The summed E-state index contributed by atoms with van der Waals surface area (Å²) in [7, 11) is -4.13. The van der Waals surface area contributed by atoms with Crippen molar-refractivity contribution in [3.8, 4) is 11.1 Å². The van der Waals surface area contributed by atoms with Gasteiger partial charge in [0.05, 0.1) is 12.5 Å². The first-order chi connectivity index (χ1) is 15.9. The highest BCUT2D eigenvalue weighted by Crippen LogP contribution is 2.37. The number of aromatic nitrogens is 3. The standard InChI is InChI=1S/C23H20FN5O3S/c1-25-21-11-14(7-9-26-21)18-12-20(24)17-4-2-3-16(17)19(18)13-22(30)28-33(31,32)23-8-10-29(27-23)15-5-6-15/h7-12,15H,2-6,13H2,(H,28,30). The molecule has 2 heterocycles. The van der Waals surface area contributed by atoms with Gasteiger partial charge >= 0.3 is 0 Å². The molecule has 1 fully saturated rings. The monoisotopic (exact) mass is 465 g/mol. The topological polar surface area (TPSA) is 98.3 Å². The van der Waals surface area contributed by atoms with Crippen LogP contribution in [0, 0.1) is 12.4 Å². The normalized spacial score (nSPS) is 15.2. The van der Waals surface area contributed by atoms with Crippen molar-refractivity contribution < 1.29 is 17.6 Å². The Kier molecular flexibility index (Phi) is 5.21. The van der Waals surface area contributed by atoms with E-state index in [0.29, 0.717) is 35.1 Å². The van der Waals surface area contributed by atoms with E-state index in [9.17, 15) is 17.6 Å². The Bertz CT molecular complexity index is 1420. The number of rotatable bonds is 6. The van der Waals surface area contributed by atoms with Gasteiger partial charge in [0.15, 0.2) is 5.03 Å². The van der Waals surface area contributed by atoms with E-state index in [1.165, 1.54) is 24.4 Å². The lowest BCUT2D eigenvalue weighted by molar-refractivity contribution is -0.118. The van der Waals surface area contributed by atoms with Gasteiger partial charge in [-0.3, -0.25) is 9.48 Å². The molecule has 0 spiro atoms. The highest BCUT2D eigenvalue weighted by molar-refractivity contribution is 7.90. The Morgan fingerprint density at radius 3 is 2.79 bits per heavy atom. The zero-order valence-corrected chi connectivity index (χ0v) is 18.4. The molecule has 2 aliphatic carbocycles. The first-order valence-corrected chi connectivity index (χ1v) is 12.1. The van der Waals surface area contributed by atoms with Crippen molar-refractivity contribution in [3.05, 3.63) is 70.6 Å². The highest BCUT2D eigenvalue weighted by atomic mass is 32.2. The van der Waals surface area contributed by atoms with Crippen molar-refractivity contribution in [1.29, 1.82) is 0 Å². The average Bonchev–Trinajstić information content (AvgIpc) is 3.30. The molecule has 168 valence electrons. The average molecular weight is 466 g/mol. The largest absolute Gasteiger partial charge is 0.361 e. The molecular weight excluding hydrogens is 445 g/mol. The Hall–Kier alpha value is -3.58. The summed E-state index contributed by atoms with van der Waals surface area (Å²) in [4.78, 5) is 20.1. The number of nitrogens with zero attached hydrogens (tertiary/aromatic N) is 4. The van der Waals surface area contributed by atoms with Gasteiger partial charge < -0.3 is 4.85 Å². The minimum absolute atomic E-state index is 0.151. The molecule has 0 unspecified atom stereocenters. The van der Waals surface area contributed by atoms with Crippen LogP contribution in [0.1, 0.15) is 42.0 Å². The molecule has 2 aliphatic rings. The van der Waals surface area contributed by atoms with E-state index in [1.54, 1.807) is 16.9 Å². The van der Waals surface area contributed by atoms with Crippen LogP contribution < -0.4 is 4.72 Å². The molecule has 0 radical (unpaired) electrons. The molecule has 2 aromatic heterocycles. The molecule has 1 N–H and O–H groups in total. The van der Waals surface area contributed by atoms with Gasteiger partial charge in [-0.2, -0.15) is 13.5 Å². The van der Waals surface area contributed by atoms with Crippen molar-refractivity contribution >= 4 is 21.7 Å². The summed E-state index contributed by atoms with van der Waals surface area (Å²) in [5, 5.41) is 3.88. The highest BCUT2D eigenvalue weighted by Gasteiger charge is 2.29. The van der Waals surface area contributed by atoms with Crippen LogP contribution in [0.15, 0.2) is 41.7 Å². The molecule has 0 saturated heterocycles. The molecule has 1 aromatic carbocycles. The van der Waals surface area contributed by atoms with E-state index in [0.717, 1.165) is 24.8 Å². The summed E-state index contributed by atoms with van der Waals surface area (Å²) < 4.78 is 43.9. The van der Waals surface area contributed by atoms with E-state index in [1.807, 2.05) is 0 Å². The Balaban J connectivity index is 1.47. The van der Waals surface area contributed by atoms with Crippen molar-refractivity contribution in [2.75, 3.05) is 0 Å². The second kappa shape index (κ2) is 8.08. The van der Waals surface area contributed by atoms with E-state index in [4.69, 9.17) is 6.57 Å². The third-order valence-electron chi connectivity index (χ3n) is 6.00. The molecule has 8 nitrogen and oxygen atoms in total. The van der Waals surface area contributed by atoms with E-state index in [2.05, 4.69) is 19.6 Å². The maximum Gasteiger partial charge on any atom is 0.283 e. The maximum absolute atomic E-state index is 14.8. The number of amides is 1. The van der Waals surface area contributed by atoms with E-state index < -0.39 is 15.9 Å². The van der Waals surface area contributed by atoms with E-state index in [-0.39, 0.29) is 29.1 Å². The molecule has 1 saturated carbocycles. The number of sulfonamides is 1. The van der Waals surface area contributed by atoms with Gasteiger partial charge in [-0.05, 0) is 84.2 Å². The third kappa shape index (κ3) is 4.12. The van der Waals surface area contributed by atoms with Crippen LogP contribution in [0.5, 0.6) is 0 Å². The summed E-state index contributed by atoms with van der Waals surface area (Å²) >= 11 is 0. The summed E-state index contributed by atoms with van der Waals surface area (Å²) in [6.07, 6.45) is 6.64. The fraction of sp³-hybridized carbons (Fsp3) is 0.304. The van der Waals surface area contributed by atoms with Crippen molar-refractivity contribution in [3.63, 3.8) is 0 Å². The number of fused-ring (bicyclic) bond motifs is 1. The molecule has 0 atom stereocenters. The molecule has 3 aromatic rings. The molecule has 33 heavy (non-hydrogen) atoms. The Morgan fingerprint density at radius 2 is 2.03 bits per heavy atom. The van der Waals surface area contributed by atoms with Crippen LogP contribution >= 0.6 is 0 Å². The zero-order valence-electron chi connectivity index (χ0n) is 17.6. The molecule has 0 bridgehead atoms. The fourth-order valence-electron chi connectivity index (χ4n) is 4.32. The lowest BCUT2D eigenvalue weighted by Gasteiger charge is -2.16.